The summed E-state index contributed by atoms with van der Waals surface area (Å²) in [6, 6.07) is 16.1. The molecule has 1 N–H and O–H groups in total. The Hall–Kier alpha value is -2.37. The van der Waals surface area contributed by atoms with Gasteiger partial charge in [0.1, 0.15) is 6.04 Å². The SMILES string of the molecule is CCCC(=O)N(Cc1ccc(Cl)cc1)[C@H](C(=O)NCCCOC(C)C)c1ccccc1. The van der Waals surface area contributed by atoms with E-state index in [2.05, 4.69) is 5.32 Å². The number of hydrogen-bond acceptors (Lipinski definition) is 3. The van der Waals surface area contributed by atoms with Crippen LogP contribution in [0, 0.1) is 0 Å². The topological polar surface area (TPSA) is 58.6 Å². The summed E-state index contributed by atoms with van der Waals surface area (Å²) < 4.78 is 5.55. The number of hydrogen-bond donors (Lipinski definition) is 1. The maximum atomic E-state index is 13.3. The standard InChI is InChI=1S/C25H33ClN2O3/c1-4-9-23(29)28(18-20-12-14-22(26)15-13-20)24(21-10-6-5-7-11-21)25(30)27-16-8-17-31-19(2)3/h5-7,10-15,19,24H,4,8-9,16-18H2,1-3H3,(H,27,30)/t24-/m0/s1. The lowest BCUT2D eigenvalue weighted by Crippen LogP contribution is -2.43. The van der Waals surface area contributed by atoms with Crippen LogP contribution in [0.1, 0.15) is 57.2 Å². The number of amides is 2. The number of rotatable bonds is 12. The predicted octanol–water partition coefficient (Wildman–Crippen LogP) is 5.14. The molecule has 0 bridgehead atoms. The average Bonchev–Trinajstić information content (AvgIpc) is 2.75. The Labute approximate surface area is 190 Å². The van der Waals surface area contributed by atoms with Crippen molar-refractivity contribution in [1.82, 2.24) is 10.2 Å². The van der Waals surface area contributed by atoms with Crippen LogP contribution in [-0.2, 0) is 20.9 Å². The van der Waals surface area contributed by atoms with Crippen LogP contribution in [-0.4, -0.2) is 36.0 Å². The van der Waals surface area contributed by atoms with E-state index in [0.717, 1.165) is 11.1 Å². The third-order valence-corrected chi connectivity index (χ3v) is 5.05. The fourth-order valence-corrected chi connectivity index (χ4v) is 3.40. The maximum absolute atomic E-state index is 13.3. The molecule has 0 aliphatic carbocycles. The molecule has 0 unspecified atom stereocenters. The summed E-state index contributed by atoms with van der Waals surface area (Å²) >= 11 is 6.02. The first-order valence-corrected chi connectivity index (χ1v) is 11.3. The van der Waals surface area contributed by atoms with Gasteiger partial charge in [0.05, 0.1) is 6.10 Å². The summed E-state index contributed by atoms with van der Waals surface area (Å²) in [5, 5.41) is 3.63. The van der Waals surface area contributed by atoms with E-state index in [1.54, 1.807) is 17.0 Å². The van der Waals surface area contributed by atoms with E-state index < -0.39 is 6.04 Å². The molecule has 0 radical (unpaired) electrons. The summed E-state index contributed by atoms with van der Waals surface area (Å²) in [5.41, 5.74) is 1.71. The Balaban J connectivity index is 2.24. The van der Waals surface area contributed by atoms with Gasteiger partial charge in [-0.2, -0.15) is 0 Å². The monoisotopic (exact) mass is 444 g/mol. The molecular weight excluding hydrogens is 412 g/mol. The fourth-order valence-electron chi connectivity index (χ4n) is 3.28. The summed E-state index contributed by atoms with van der Waals surface area (Å²) in [4.78, 5) is 28.0. The van der Waals surface area contributed by atoms with Crippen LogP contribution < -0.4 is 5.32 Å². The van der Waals surface area contributed by atoms with E-state index in [9.17, 15) is 9.59 Å². The highest BCUT2D eigenvalue weighted by molar-refractivity contribution is 6.30. The Morgan fingerprint density at radius 2 is 1.74 bits per heavy atom. The lowest BCUT2D eigenvalue weighted by atomic mass is 10.0. The van der Waals surface area contributed by atoms with Gasteiger partial charge in [-0.1, -0.05) is 61.0 Å². The molecule has 0 saturated heterocycles. The molecule has 0 heterocycles. The molecule has 2 rings (SSSR count). The lowest BCUT2D eigenvalue weighted by Gasteiger charge is -2.31. The molecule has 0 spiro atoms. The van der Waals surface area contributed by atoms with Crippen LogP contribution in [0.15, 0.2) is 54.6 Å². The van der Waals surface area contributed by atoms with Crippen molar-refractivity contribution >= 4 is 23.4 Å². The molecule has 0 aliphatic heterocycles. The zero-order chi connectivity index (χ0) is 22.6. The molecule has 0 aromatic heterocycles. The smallest absolute Gasteiger partial charge is 0.247 e. The highest BCUT2D eigenvalue weighted by atomic mass is 35.5. The van der Waals surface area contributed by atoms with Gasteiger partial charge >= 0.3 is 0 Å². The van der Waals surface area contributed by atoms with Crippen LogP contribution >= 0.6 is 11.6 Å². The van der Waals surface area contributed by atoms with Crippen LogP contribution in [0.4, 0.5) is 0 Å². The predicted molar refractivity (Wildman–Crippen MR) is 125 cm³/mol. The molecule has 5 nitrogen and oxygen atoms in total. The molecule has 168 valence electrons. The van der Waals surface area contributed by atoms with Gasteiger partial charge in [-0.15, -0.1) is 0 Å². The number of halogens is 1. The second-order valence-electron chi connectivity index (χ2n) is 7.78. The Bertz CT molecular complexity index is 809. The van der Waals surface area contributed by atoms with Gasteiger partial charge < -0.3 is 15.0 Å². The van der Waals surface area contributed by atoms with E-state index in [-0.39, 0.29) is 17.9 Å². The van der Waals surface area contributed by atoms with E-state index >= 15 is 0 Å². The summed E-state index contributed by atoms with van der Waals surface area (Å²) in [6.45, 7) is 7.34. The summed E-state index contributed by atoms with van der Waals surface area (Å²) in [6.07, 6.45) is 1.97. The maximum Gasteiger partial charge on any atom is 0.247 e. The van der Waals surface area contributed by atoms with E-state index in [1.165, 1.54) is 0 Å². The molecule has 2 aromatic carbocycles. The molecular formula is C25H33ClN2O3. The molecule has 0 saturated carbocycles. The number of nitrogens with zero attached hydrogens (tertiary/aromatic N) is 1. The summed E-state index contributed by atoms with van der Waals surface area (Å²) in [7, 11) is 0. The quantitative estimate of drug-likeness (QED) is 0.461. The number of carbonyl (C=O) groups excluding carboxylic acids is 2. The van der Waals surface area contributed by atoms with Crippen LogP contribution in [0.3, 0.4) is 0 Å². The first-order chi connectivity index (χ1) is 14.9. The highest BCUT2D eigenvalue weighted by Gasteiger charge is 2.30. The van der Waals surface area contributed by atoms with Crippen molar-refractivity contribution in [3.05, 3.63) is 70.7 Å². The number of nitrogens with one attached hydrogen (secondary N) is 1. The lowest BCUT2D eigenvalue weighted by molar-refractivity contribution is -0.141. The molecule has 2 amide bonds. The van der Waals surface area contributed by atoms with Crippen LogP contribution in [0.25, 0.3) is 0 Å². The first kappa shape index (κ1) is 24.9. The zero-order valence-corrected chi connectivity index (χ0v) is 19.4. The van der Waals surface area contributed by atoms with Gasteiger partial charge in [0.2, 0.25) is 11.8 Å². The minimum atomic E-state index is -0.707. The third-order valence-electron chi connectivity index (χ3n) is 4.80. The number of ether oxygens (including phenoxy) is 1. The number of carbonyl (C=O) groups is 2. The summed E-state index contributed by atoms with van der Waals surface area (Å²) in [5.74, 6) is -0.237. The van der Waals surface area contributed by atoms with Crippen molar-refractivity contribution in [3.8, 4) is 0 Å². The van der Waals surface area contributed by atoms with Gasteiger partial charge in [-0.25, -0.2) is 0 Å². The Morgan fingerprint density at radius 1 is 1.06 bits per heavy atom. The van der Waals surface area contributed by atoms with Crippen molar-refractivity contribution < 1.29 is 14.3 Å². The molecule has 31 heavy (non-hydrogen) atoms. The van der Waals surface area contributed by atoms with Crippen LogP contribution in [0.2, 0.25) is 5.02 Å². The minimum Gasteiger partial charge on any atom is -0.379 e. The van der Waals surface area contributed by atoms with Gasteiger partial charge in [-0.05, 0) is 49.9 Å². The third kappa shape index (κ3) is 8.35. The van der Waals surface area contributed by atoms with Crippen molar-refractivity contribution in [2.45, 2.75) is 58.7 Å². The van der Waals surface area contributed by atoms with Gasteiger partial charge in [0.25, 0.3) is 0 Å². The molecule has 1 atom stereocenters. The normalized spacial score (nSPS) is 11.9. The molecule has 6 heteroatoms. The molecule has 2 aromatic rings. The highest BCUT2D eigenvalue weighted by Crippen LogP contribution is 2.25. The van der Waals surface area contributed by atoms with Crippen molar-refractivity contribution in [3.63, 3.8) is 0 Å². The van der Waals surface area contributed by atoms with E-state index in [1.807, 2.05) is 63.2 Å². The zero-order valence-electron chi connectivity index (χ0n) is 18.6. The first-order valence-electron chi connectivity index (χ1n) is 10.9. The van der Waals surface area contributed by atoms with Crippen molar-refractivity contribution in [2.75, 3.05) is 13.2 Å². The van der Waals surface area contributed by atoms with Gasteiger partial charge in [0.15, 0.2) is 0 Å². The fraction of sp³-hybridized carbons (Fsp3) is 0.440. The Kier molecular flexibility index (Phi) is 10.5. The van der Waals surface area contributed by atoms with Gasteiger partial charge in [0, 0.05) is 31.1 Å². The van der Waals surface area contributed by atoms with Crippen molar-refractivity contribution in [1.29, 1.82) is 0 Å². The Morgan fingerprint density at radius 3 is 2.35 bits per heavy atom. The second-order valence-corrected chi connectivity index (χ2v) is 8.21. The van der Waals surface area contributed by atoms with E-state index in [0.29, 0.717) is 44.0 Å². The number of benzene rings is 2. The minimum absolute atomic E-state index is 0.0513. The second kappa shape index (κ2) is 13.1. The van der Waals surface area contributed by atoms with Gasteiger partial charge in [-0.3, -0.25) is 9.59 Å². The van der Waals surface area contributed by atoms with E-state index in [4.69, 9.17) is 16.3 Å². The average molecular weight is 445 g/mol. The van der Waals surface area contributed by atoms with Crippen LogP contribution in [0.5, 0.6) is 0 Å². The molecule has 0 fully saturated rings. The largest absolute Gasteiger partial charge is 0.379 e. The van der Waals surface area contributed by atoms with Crippen molar-refractivity contribution in [2.24, 2.45) is 0 Å². The molecule has 0 aliphatic rings.